The second-order valence-electron chi connectivity index (χ2n) is 2.50. The third-order valence-corrected chi connectivity index (χ3v) is 1.49. The van der Waals surface area contributed by atoms with Crippen molar-refractivity contribution in [2.45, 2.75) is 13.3 Å². The van der Waals surface area contributed by atoms with Gasteiger partial charge in [-0.1, -0.05) is 6.92 Å². The molecule has 0 amide bonds. The van der Waals surface area contributed by atoms with Gasteiger partial charge in [0.15, 0.2) is 0 Å². The molecule has 0 aliphatic rings. The lowest BCUT2D eigenvalue weighted by atomic mass is 10.3. The number of nitrogens with zero attached hydrogens (tertiary/aromatic N) is 1. The van der Waals surface area contributed by atoms with E-state index in [1.807, 2.05) is 24.3 Å². The first kappa shape index (κ1) is 8.78. The summed E-state index contributed by atoms with van der Waals surface area (Å²) >= 11 is 0. The highest BCUT2D eigenvalue weighted by Crippen LogP contribution is 2.17. The molecule has 12 heavy (non-hydrogen) atoms. The smallest absolute Gasteiger partial charge is 0.119 e. The maximum absolute atomic E-state index is 5.39. The summed E-state index contributed by atoms with van der Waals surface area (Å²) in [6.07, 6.45) is 1.03. The molecule has 0 saturated heterocycles. The van der Waals surface area contributed by atoms with Crippen LogP contribution in [0.4, 0.5) is 5.69 Å². The lowest BCUT2D eigenvalue weighted by Gasteiger charge is -2.03. The molecule has 64 valence electrons. The Labute approximate surface area is 72.9 Å². The first-order chi connectivity index (χ1) is 5.86. The molecule has 0 aromatic heterocycles. The van der Waals surface area contributed by atoms with Crippen LogP contribution in [-0.4, -0.2) is 13.3 Å². The summed E-state index contributed by atoms with van der Waals surface area (Å²) in [6.45, 7) is 6.28. The number of hydrogen-bond acceptors (Lipinski definition) is 2. The average molecular weight is 163 g/mol. The van der Waals surface area contributed by atoms with E-state index in [0.29, 0.717) is 0 Å². The first-order valence-electron chi connectivity index (χ1n) is 4.06. The second kappa shape index (κ2) is 4.54. The quantitative estimate of drug-likeness (QED) is 0.625. The van der Waals surface area contributed by atoms with Gasteiger partial charge in [-0.2, -0.15) is 0 Å². The minimum absolute atomic E-state index is 0.765. The molecule has 0 N–H and O–H groups in total. The van der Waals surface area contributed by atoms with E-state index in [-0.39, 0.29) is 0 Å². The maximum atomic E-state index is 5.39. The largest absolute Gasteiger partial charge is 0.494 e. The van der Waals surface area contributed by atoms with Gasteiger partial charge in [-0.3, -0.25) is 4.99 Å². The van der Waals surface area contributed by atoms with Crippen LogP contribution in [0, 0.1) is 0 Å². The van der Waals surface area contributed by atoms with Gasteiger partial charge in [0, 0.05) is 0 Å². The van der Waals surface area contributed by atoms with E-state index in [1.54, 1.807) is 0 Å². The predicted molar refractivity (Wildman–Crippen MR) is 51.4 cm³/mol. The van der Waals surface area contributed by atoms with E-state index in [2.05, 4.69) is 18.6 Å². The van der Waals surface area contributed by atoms with Crippen molar-refractivity contribution in [2.24, 2.45) is 4.99 Å². The summed E-state index contributed by atoms with van der Waals surface area (Å²) in [5.74, 6) is 0.893. The molecule has 0 radical (unpaired) electrons. The van der Waals surface area contributed by atoms with Crippen molar-refractivity contribution >= 4 is 12.4 Å². The third-order valence-electron chi connectivity index (χ3n) is 1.49. The highest BCUT2D eigenvalue weighted by Gasteiger charge is 1.91. The van der Waals surface area contributed by atoms with Crippen molar-refractivity contribution < 1.29 is 4.74 Å². The molecule has 0 heterocycles. The van der Waals surface area contributed by atoms with Gasteiger partial charge >= 0.3 is 0 Å². The van der Waals surface area contributed by atoms with E-state index in [0.717, 1.165) is 24.5 Å². The Hall–Kier alpha value is -1.31. The summed E-state index contributed by atoms with van der Waals surface area (Å²) in [4.78, 5) is 3.79. The van der Waals surface area contributed by atoms with Crippen LogP contribution in [0.15, 0.2) is 29.3 Å². The Morgan fingerprint density at radius 1 is 1.33 bits per heavy atom. The highest BCUT2D eigenvalue weighted by molar-refractivity contribution is 5.47. The Balaban J connectivity index is 2.58. The molecule has 0 spiro atoms. The van der Waals surface area contributed by atoms with E-state index in [4.69, 9.17) is 4.74 Å². The van der Waals surface area contributed by atoms with Crippen molar-refractivity contribution in [3.63, 3.8) is 0 Å². The monoisotopic (exact) mass is 163 g/mol. The molecule has 0 bridgehead atoms. The van der Waals surface area contributed by atoms with Crippen LogP contribution >= 0.6 is 0 Å². The third kappa shape index (κ3) is 2.38. The molecular weight excluding hydrogens is 150 g/mol. The van der Waals surface area contributed by atoms with Gasteiger partial charge in [-0.15, -0.1) is 0 Å². The second-order valence-corrected chi connectivity index (χ2v) is 2.50. The molecule has 1 rings (SSSR count). The van der Waals surface area contributed by atoms with Crippen molar-refractivity contribution in [3.05, 3.63) is 24.3 Å². The molecule has 1 aromatic carbocycles. The van der Waals surface area contributed by atoms with Crippen molar-refractivity contribution in [2.75, 3.05) is 6.61 Å². The minimum Gasteiger partial charge on any atom is -0.494 e. The first-order valence-corrected chi connectivity index (χ1v) is 4.06. The lowest BCUT2D eigenvalue weighted by molar-refractivity contribution is 0.317. The van der Waals surface area contributed by atoms with Crippen LogP contribution < -0.4 is 4.74 Å². The SMILES string of the molecule is C=Nc1ccc(OCCC)cc1. The summed E-state index contributed by atoms with van der Waals surface area (Å²) in [7, 11) is 0. The maximum Gasteiger partial charge on any atom is 0.119 e. The van der Waals surface area contributed by atoms with Gasteiger partial charge in [0.2, 0.25) is 0 Å². The molecule has 1 aromatic rings. The Kier molecular flexibility index (Phi) is 3.33. The lowest BCUT2D eigenvalue weighted by Crippen LogP contribution is -1.93. The number of ether oxygens (including phenoxy) is 1. The van der Waals surface area contributed by atoms with Gasteiger partial charge in [0.1, 0.15) is 5.75 Å². The zero-order chi connectivity index (χ0) is 8.81. The summed E-state index contributed by atoms with van der Waals surface area (Å²) in [5, 5.41) is 0. The normalized spacial score (nSPS) is 9.42. The van der Waals surface area contributed by atoms with E-state index in [9.17, 15) is 0 Å². The fourth-order valence-electron chi connectivity index (χ4n) is 0.868. The van der Waals surface area contributed by atoms with Gasteiger partial charge in [0.05, 0.1) is 12.3 Å². The molecule has 0 unspecified atom stereocenters. The Morgan fingerprint density at radius 3 is 2.50 bits per heavy atom. The van der Waals surface area contributed by atoms with Crippen molar-refractivity contribution in [3.8, 4) is 5.75 Å². The van der Waals surface area contributed by atoms with Crippen LogP contribution in [0.5, 0.6) is 5.75 Å². The van der Waals surface area contributed by atoms with E-state index >= 15 is 0 Å². The number of hydrogen-bond donors (Lipinski definition) is 0. The van der Waals surface area contributed by atoms with E-state index in [1.165, 1.54) is 0 Å². The summed E-state index contributed by atoms with van der Waals surface area (Å²) in [5.41, 5.74) is 0.874. The van der Waals surface area contributed by atoms with Crippen LogP contribution in [-0.2, 0) is 0 Å². The molecule has 2 heteroatoms. The zero-order valence-electron chi connectivity index (χ0n) is 7.29. The number of benzene rings is 1. The fourth-order valence-corrected chi connectivity index (χ4v) is 0.868. The molecule has 2 nitrogen and oxygen atoms in total. The molecule has 0 aliphatic carbocycles. The van der Waals surface area contributed by atoms with Crippen LogP contribution in [0.25, 0.3) is 0 Å². The minimum atomic E-state index is 0.765. The van der Waals surface area contributed by atoms with Gasteiger partial charge in [-0.25, -0.2) is 0 Å². The molecule has 0 aliphatic heterocycles. The van der Waals surface area contributed by atoms with Crippen LogP contribution in [0.2, 0.25) is 0 Å². The molecular formula is C10H13NO. The van der Waals surface area contributed by atoms with Crippen LogP contribution in [0.3, 0.4) is 0 Å². The van der Waals surface area contributed by atoms with Gasteiger partial charge < -0.3 is 4.74 Å². The van der Waals surface area contributed by atoms with Crippen LogP contribution in [0.1, 0.15) is 13.3 Å². The summed E-state index contributed by atoms with van der Waals surface area (Å²) < 4.78 is 5.39. The van der Waals surface area contributed by atoms with Gasteiger partial charge in [0.25, 0.3) is 0 Å². The standard InChI is InChI=1S/C10H13NO/c1-3-8-12-10-6-4-9(11-2)5-7-10/h4-7H,2-3,8H2,1H3. The van der Waals surface area contributed by atoms with Crippen molar-refractivity contribution in [1.82, 2.24) is 0 Å². The molecule has 0 saturated carbocycles. The topological polar surface area (TPSA) is 21.6 Å². The predicted octanol–water partition coefficient (Wildman–Crippen LogP) is 2.81. The number of rotatable bonds is 4. The fraction of sp³-hybridized carbons (Fsp3) is 0.300. The van der Waals surface area contributed by atoms with E-state index < -0.39 is 0 Å². The average Bonchev–Trinajstić information content (AvgIpc) is 2.15. The molecule has 0 atom stereocenters. The zero-order valence-corrected chi connectivity index (χ0v) is 7.29. The molecule has 0 fully saturated rings. The van der Waals surface area contributed by atoms with Gasteiger partial charge in [-0.05, 0) is 37.4 Å². The summed E-state index contributed by atoms with van der Waals surface area (Å²) in [6, 6.07) is 7.58. The Bertz CT molecular complexity index is 241. The highest BCUT2D eigenvalue weighted by atomic mass is 16.5. The Morgan fingerprint density at radius 2 is 2.00 bits per heavy atom. The number of aliphatic imine (C=N–C) groups is 1. The van der Waals surface area contributed by atoms with Crippen molar-refractivity contribution in [1.29, 1.82) is 0 Å².